The summed E-state index contributed by atoms with van der Waals surface area (Å²) in [4.78, 5) is 24.4. The minimum atomic E-state index is -0.596. The monoisotopic (exact) mass is 373 g/mol. The van der Waals surface area contributed by atoms with Crippen LogP contribution in [0, 0.1) is 17.1 Å². The van der Waals surface area contributed by atoms with Crippen molar-refractivity contribution in [3.05, 3.63) is 53.8 Å². The standard InChI is InChI=1S/C18H16FN3O3S/c1-25-18(24)12-6-7-13(19)15(10-12)21-11-17(23)22-14-4-2-3-5-16(14)26-9-8-20/h2-7,10,21H,9,11H2,1H3,(H,22,23). The van der Waals surface area contributed by atoms with Gasteiger partial charge in [-0.3, -0.25) is 4.79 Å². The molecule has 0 radical (unpaired) electrons. The molecular weight excluding hydrogens is 357 g/mol. The molecular formula is C18H16FN3O3S. The number of methoxy groups -OCH3 is 1. The van der Waals surface area contributed by atoms with Crippen molar-refractivity contribution in [2.45, 2.75) is 4.90 Å². The molecule has 2 aromatic rings. The number of ether oxygens (including phenoxy) is 1. The fourth-order valence-electron chi connectivity index (χ4n) is 2.08. The van der Waals surface area contributed by atoms with Crippen LogP contribution >= 0.6 is 11.8 Å². The van der Waals surface area contributed by atoms with Crippen molar-refractivity contribution >= 4 is 35.0 Å². The second-order valence-corrected chi connectivity index (χ2v) is 6.05. The van der Waals surface area contributed by atoms with E-state index in [1.807, 2.05) is 6.07 Å². The number of esters is 1. The topological polar surface area (TPSA) is 91.2 Å². The highest BCUT2D eigenvalue weighted by molar-refractivity contribution is 7.99. The number of anilines is 2. The molecule has 2 N–H and O–H groups in total. The van der Waals surface area contributed by atoms with E-state index in [1.54, 1.807) is 24.3 Å². The molecule has 6 nitrogen and oxygen atoms in total. The molecule has 0 aliphatic rings. The van der Waals surface area contributed by atoms with E-state index >= 15 is 0 Å². The summed E-state index contributed by atoms with van der Waals surface area (Å²) in [7, 11) is 1.23. The molecule has 2 aromatic carbocycles. The minimum absolute atomic E-state index is 0.0233. The van der Waals surface area contributed by atoms with Crippen LogP contribution in [0.1, 0.15) is 10.4 Å². The molecule has 0 fully saturated rings. The SMILES string of the molecule is COC(=O)c1ccc(F)c(NCC(=O)Nc2ccccc2SCC#N)c1. The molecule has 134 valence electrons. The smallest absolute Gasteiger partial charge is 0.337 e. The van der Waals surface area contributed by atoms with Crippen LogP contribution in [0.2, 0.25) is 0 Å². The van der Waals surface area contributed by atoms with Gasteiger partial charge in [-0.1, -0.05) is 12.1 Å². The summed E-state index contributed by atoms with van der Waals surface area (Å²) in [5.74, 6) is -1.31. The zero-order chi connectivity index (χ0) is 18.9. The number of nitrogens with zero attached hydrogens (tertiary/aromatic N) is 1. The lowest BCUT2D eigenvalue weighted by Crippen LogP contribution is -2.22. The van der Waals surface area contributed by atoms with Gasteiger partial charge >= 0.3 is 5.97 Å². The number of hydrogen-bond donors (Lipinski definition) is 2. The quantitative estimate of drug-likeness (QED) is 0.572. The van der Waals surface area contributed by atoms with Gasteiger partial charge in [0.15, 0.2) is 0 Å². The van der Waals surface area contributed by atoms with Gasteiger partial charge < -0.3 is 15.4 Å². The van der Waals surface area contributed by atoms with Crippen molar-refractivity contribution in [3.63, 3.8) is 0 Å². The van der Waals surface area contributed by atoms with Crippen LogP contribution in [0.25, 0.3) is 0 Å². The van der Waals surface area contributed by atoms with Gasteiger partial charge in [0, 0.05) is 4.90 Å². The number of carbonyl (C=O) groups excluding carboxylic acids is 2. The number of para-hydroxylation sites is 1. The van der Waals surface area contributed by atoms with Gasteiger partial charge in [0.25, 0.3) is 0 Å². The van der Waals surface area contributed by atoms with E-state index in [1.165, 1.54) is 31.0 Å². The third kappa shape index (κ3) is 5.22. The molecule has 0 saturated heterocycles. The number of nitrogens with one attached hydrogen (secondary N) is 2. The zero-order valence-corrected chi connectivity index (χ0v) is 14.7. The number of amides is 1. The molecule has 0 bridgehead atoms. The van der Waals surface area contributed by atoms with Crippen LogP contribution in [0.15, 0.2) is 47.4 Å². The van der Waals surface area contributed by atoms with Crippen molar-refractivity contribution in [3.8, 4) is 6.07 Å². The Balaban J connectivity index is 2.02. The maximum Gasteiger partial charge on any atom is 0.337 e. The number of carbonyl (C=O) groups is 2. The first-order valence-electron chi connectivity index (χ1n) is 7.55. The first kappa shape index (κ1) is 19.3. The van der Waals surface area contributed by atoms with Crippen LogP contribution in [0.3, 0.4) is 0 Å². The second-order valence-electron chi connectivity index (χ2n) is 5.03. The molecule has 2 rings (SSSR count). The molecule has 0 aromatic heterocycles. The molecule has 0 atom stereocenters. The van der Waals surface area contributed by atoms with E-state index in [0.29, 0.717) is 5.69 Å². The summed E-state index contributed by atoms with van der Waals surface area (Å²) >= 11 is 1.31. The molecule has 26 heavy (non-hydrogen) atoms. The Hall–Kier alpha value is -3.05. The minimum Gasteiger partial charge on any atom is -0.465 e. The first-order chi connectivity index (χ1) is 12.5. The summed E-state index contributed by atoms with van der Waals surface area (Å²) in [6.45, 7) is -0.196. The van der Waals surface area contributed by atoms with Crippen molar-refractivity contribution in [2.24, 2.45) is 0 Å². The largest absolute Gasteiger partial charge is 0.465 e. The average molecular weight is 373 g/mol. The Morgan fingerprint density at radius 2 is 2.00 bits per heavy atom. The van der Waals surface area contributed by atoms with E-state index in [0.717, 1.165) is 11.0 Å². The first-order valence-corrected chi connectivity index (χ1v) is 8.54. The van der Waals surface area contributed by atoms with Crippen molar-refractivity contribution < 1.29 is 18.7 Å². The molecule has 0 spiro atoms. The molecule has 0 heterocycles. The fraction of sp³-hybridized carbons (Fsp3) is 0.167. The van der Waals surface area contributed by atoms with Crippen LogP contribution in [0.5, 0.6) is 0 Å². The third-order valence-electron chi connectivity index (χ3n) is 3.28. The maximum atomic E-state index is 13.8. The van der Waals surface area contributed by atoms with E-state index in [9.17, 15) is 14.0 Å². The van der Waals surface area contributed by atoms with Gasteiger partial charge in [-0.05, 0) is 30.3 Å². The number of thioether (sulfide) groups is 1. The van der Waals surface area contributed by atoms with E-state index in [-0.39, 0.29) is 23.5 Å². The predicted octanol–water partition coefficient (Wildman–Crippen LogP) is 3.28. The van der Waals surface area contributed by atoms with Crippen LogP contribution in [-0.4, -0.2) is 31.3 Å². The van der Waals surface area contributed by atoms with Crippen molar-refractivity contribution in [1.29, 1.82) is 5.26 Å². The third-order valence-corrected chi connectivity index (χ3v) is 4.22. The van der Waals surface area contributed by atoms with Gasteiger partial charge in [-0.15, -0.1) is 11.8 Å². The molecule has 0 aliphatic heterocycles. The van der Waals surface area contributed by atoms with Gasteiger partial charge in [0.2, 0.25) is 5.91 Å². The van der Waals surface area contributed by atoms with Crippen LogP contribution < -0.4 is 10.6 Å². The van der Waals surface area contributed by atoms with Gasteiger partial charge in [0.05, 0.1) is 42.4 Å². The van der Waals surface area contributed by atoms with Gasteiger partial charge in [-0.2, -0.15) is 5.26 Å². The van der Waals surface area contributed by atoms with E-state index in [4.69, 9.17) is 5.26 Å². The predicted molar refractivity (Wildman–Crippen MR) is 97.6 cm³/mol. The number of halogens is 1. The average Bonchev–Trinajstić information content (AvgIpc) is 2.66. The lowest BCUT2D eigenvalue weighted by atomic mass is 10.2. The van der Waals surface area contributed by atoms with Crippen LogP contribution in [-0.2, 0) is 9.53 Å². The number of rotatable bonds is 7. The van der Waals surface area contributed by atoms with Gasteiger partial charge in [0.1, 0.15) is 5.82 Å². The Bertz CT molecular complexity index is 852. The summed E-state index contributed by atoms with van der Waals surface area (Å²) in [5.41, 5.74) is 0.772. The molecule has 8 heteroatoms. The van der Waals surface area contributed by atoms with E-state index in [2.05, 4.69) is 15.4 Å². The highest BCUT2D eigenvalue weighted by Gasteiger charge is 2.12. The number of nitriles is 1. The Labute approximate surface area is 154 Å². The second kappa shape index (κ2) is 9.44. The Morgan fingerprint density at radius 3 is 2.73 bits per heavy atom. The Kier molecular flexibility index (Phi) is 7.00. The molecule has 0 saturated carbocycles. The molecule has 1 amide bonds. The lowest BCUT2D eigenvalue weighted by molar-refractivity contribution is -0.114. The normalized spacial score (nSPS) is 9.88. The van der Waals surface area contributed by atoms with Crippen LogP contribution in [0.4, 0.5) is 15.8 Å². The Morgan fingerprint density at radius 1 is 1.23 bits per heavy atom. The fourth-order valence-corrected chi connectivity index (χ4v) is 2.75. The highest BCUT2D eigenvalue weighted by atomic mass is 32.2. The lowest BCUT2D eigenvalue weighted by Gasteiger charge is -2.12. The summed E-state index contributed by atoms with van der Waals surface area (Å²) < 4.78 is 18.4. The summed E-state index contributed by atoms with van der Waals surface area (Å²) in [6, 6.07) is 12.8. The number of benzene rings is 2. The van der Waals surface area contributed by atoms with Crippen molar-refractivity contribution in [2.75, 3.05) is 30.0 Å². The maximum absolute atomic E-state index is 13.8. The van der Waals surface area contributed by atoms with Gasteiger partial charge in [-0.25, -0.2) is 9.18 Å². The zero-order valence-electron chi connectivity index (χ0n) is 13.9. The van der Waals surface area contributed by atoms with Crippen molar-refractivity contribution in [1.82, 2.24) is 0 Å². The van der Waals surface area contributed by atoms with E-state index < -0.39 is 17.7 Å². The molecule has 0 unspecified atom stereocenters. The highest BCUT2D eigenvalue weighted by Crippen LogP contribution is 2.26. The number of hydrogen-bond acceptors (Lipinski definition) is 6. The summed E-state index contributed by atoms with van der Waals surface area (Å²) in [6.07, 6.45) is 0. The summed E-state index contributed by atoms with van der Waals surface area (Å²) in [5, 5.41) is 14.1. The molecule has 0 aliphatic carbocycles.